The van der Waals surface area contributed by atoms with Gasteiger partial charge in [-0.15, -0.1) is 0 Å². The number of carbonyl (C=O) groups is 5. The number of carboxylic acids is 1. The van der Waals surface area contributed by atoms with Crippen molar-refractivity contribution in [2.75, 3.05) is 0 Å². The van der Waals surface area contributed by atoms with Crippen molar-refractivity contribution in [1.29, 1.82) is 0 Å². The van der Waals surface area contributed by atoms with Gasteiger partial charge in [-0.3, -0.25) is 24.0 Å². The Labute approximate surface area is 157 Å². The molecule has 0 aliphatic carbocycles. The van der Waals surface area contributed by atoms with Crippen LogP contribution in [-0.4, -0.2) is 58.9 Å². The summed E-state index contributed by atoms with van der Waals surface area (Å²) in [4.78, 5) is 58.4. The Hall–Kier alpha value is -2.69. The lowest BCUT2D eigenvalue weighted by Gasteiger charge is -2.24. The van der Waals surface area contributed by atoms with Crippen LogP contribution in [-0.2, 0) is 24.0 Å². The van der Waals surface area contributed by atoms with Gasteiger partial charge in [-0.1, -0.05) is 20.3 Å². The van der Waals surface area contributed by atoms with Crippen LogP contribution in [0.25, 0.3) is 0 Å². The number of hydrogen-bond acceptors (Lipinski definition) is 6. The van der Waals surface area contributed by atoms with Crippen molar-refractivity contribution in [3.05, 3.63) is 0 Å². The number of aliphatic carboxylic acids is 1. The molecule has 0 heterocycles. The van der Waals surface area contributed by atoms with Gasteiger partial charge in [-0.05, 0) is 19.8 Å². The zero-order valence-electron chi connectivity index (χ0n) is 15.9. The summed E-state index contributed by atoms with van der Waals surface area (Å²) in [6.45, 7) is 6.21. The van der Waals surface area contributed by atoms with Gasteiger partial charge in [0.15, 0.2) is 0 Å². The highest BCUT2D eigenvalue weighted by atomic mass is 16.4. The van der Waals surface area contributed by atoms with Gasteiger partial charge in [0.2, 0.25) is 23.6 Å². The number of rotatable bonds is 11. The van der Waals surface area contributed by atoms with Crippen molar-refractivity contribution in [1.82, 2.24) is 16.0 Å². The lowest BCUT2D eigenvalue weighted by atomic mass is 9.99. The highest BCUT2D eigenvalue weighted by molar-refractivity contribution is 5.95. The number of amides is 4. The molecule has 0 aromatic rings. The molecular formula is C16H29N5O6. The topological polar surface area (TPSA) is 194 Å². The maximum absolute atomic E-state index is 12.3. The van der Waals surface area contributed by atoms with Gasteiger partial charge < -0.3 is 32.5 Å². The van der Waals surface area contributed by atoms with E-state index in [2.05, 4.69) is 16.0 Å². The quantitative estimate of drug-likeness (QED) is 0.232. The lowest BCUT2D eigenvalue weighted by molar-refractivity contribution is -0.141. The molecule has 0 aliphatic heterocycles. The van der Waals surface area contributed by atoms with Crippen LogP contribution in [0.4, 0.5) is 0 Å². The van der Waals surface area contributed by atoms with Crippen molar-refractivity contribution >= 4 is 29.6 Å². The molecule has 0 fully saturated rings. The molecule has 11 heteroatoms. The van der Waals surface area contributed by atoms with E-state index in [0.29, 0.717) is 6.42 Å². The molecule has 0 aromatic carbocycles. The lowest BCUT2D eigenvalue weighted by Crippen LogP contribution is -2.57. The second kappa shape index (κ2) is 11.1. The average Bonchev–Trinajstić information content (AvgIpc) is 2.58. The van der Waals surface area contributed by atoms with Gasteiger partial charge in [-0.2, -0.15) is 0 Å². The minimum atomic E-state index is -1.31. The number of nitrogens with two attached hydrogens (primary N) is 2. The Morgan fingerprint density at radius 1 is 0.889 bits per heavy atom. The summed E-state index contributed by atoms with van der Waals surface area (Å²) < 4.78 is 0. The molecule has 0 radical (unpaired) electrons. The largest absolute Gasteiger partial charge is 0.480 e. The molecular weight excluding hydrogens is 358 g/mol. The third kappa shape index (κ3) is 8.49. The second-order valence-corrected chi connectivity index (χ2v) is 6.44. The molecule has 27 heavy (non-hydrogen) atoms. The van der Waals surface area contributed by atoms with Crippen LogP contribution in [0.5, 0.6) is 0 Å². The first-order valence-corrected chi connectivity index (χ1v) is 8.58. The maximum atomic E-state index is 12.3. The van der Waals surface area contributed by atoms with Crippen LogP contribution in [0, 0.1) is 5.92 Å². The first-order valence-electron chi connectivity index (χ1n) is 8.58. The Morgan fingerprint density at radius 3 is 1.85 bits per heavy atom. The number of nitrogens with one attached hydrogen (secondary N) is 3. The molecule has 154 valence electrons. The van der Waals surface area contributed by atoms with E-state index in [1.165, 1.54) is 13.8 Å². The minimum Gasteiger partial charge on any atom is -0.480 e. The average molecular weight is 387 g/mol. The molecule has 0 saturated heterocycles. The first kappa shape index (κ1) is 24.3. The summed E-state index contributed by atoms with van der Waals surface area (Å²) in [6, 6.07) is -4.44. The number of carbonyl (C=O) groups excluding carboxylic acids is 4. The van der Waals surface area contributed by atoms with Crippen molar-refractivity contribution < 1.29 is 29.1 Å². The zero-order valence-corrected chi connectivity index (χ0v) is 15.9. The van der Waals surface area contributed by atoms with E-state index in [0.717, 1.165) is 0 Å². The third-order valence-electron chi connectivity index (χ3n) is 4.08. The molecule has 5 atom stereocenters. The van der Waals surface area contributed by atoms with Crippen LogP contribution in [0.2, 0.25) is 0 Å². The third-order valence-corrected chi connectivity index (χ3v) is 4.08. The van der Waals surface area contributed by atoms with Crippen molar-refractivity contribution in [3.63, 3.8) is 0 Å². The second-order valence-electron chi connectivity index (χ2n) is 6.44. The first-order chi connectivity index (χ1) is 12.4. The smallest absolute Gasteiger partial charge is 0.325 e. The van der Waals surface area contributed by atoms with Crippen molar-refractivity contribution in [3.8, 4) is 0 Å². The molecule has 0 aromatic heterocycles. The van der Waals surface area contributed by atoms with E-state index < -0.39 is 60.2 Å². The molecule has 0 saturated carbocycles. The van der Waals surface area contributed by atoms with Crippen LogP contribution in [0.1, 0.15) is 40.5 Å². The van der Waals surface area contributed by atoms with Gasteiger partial charge in [0.25, 0.3) is 0 Å². The Bertz CT molecular complexity index is 582. The Balaban J connectivity index is 5.01. The molecule has 4 amide bonds. The maximum Gasteiger partial charge on any atom is 0.325 e. The highest BCUT2D eigenvalue weighted by Gasteiger charge is 2.29. The van der Waals surface area contributed by atoms with Gasteiger partial charge in [0, 0.05) is 0 Å². The zero-order chi connectivity index (χ0) is 21.3. The van der Waals surface area contributed by atoms with E-state index in [4.69, 9.17) is 16.6 Å². The van der Waals surface area contributed by atoms with Crippen LogP contribution >= 0.6 is 0 Å². The number of primary amides is 1. The van der Waals surface area contributed by atoms with Crippen LogP contribution in [0.15, 0.2) is 0 Å². The SMILES string of the molecule is CCC(C)C(N)C(=O)NC(CC(N)=O)C(=O)NC(C)C(=O)NC(C)C(=O)O. The summed E-state index contributed by atoms with van der Waals surface area (Å²) >= 11 is 0. The Kier molecular flexibility index (Phi) is 10.0. The van der Waals surface area contributed by atoms with Crippen molar-refractivity contribution in [2.24, 2.45) is 17.4 Å². The van der Waals surface area contributed by atoms with E-state index in [1.54, 1.807) is 6.92 Å². The monoisotopic (exact) mass is 387 g/mol. The number of carboxylic acid groups (broad SMARTS) is 1. The molecule has 11 nitrogen and oxygen atoms in total. The Morgan fingerprint density at radius 2 is 1.41 bits per heavy atom. The normalized spacial score (nSPS) is 16.2. The van der Waals surface area contributed by atoms with Crippen LogP contribution in [0.3, 0.4) is 0 Å². The summed E-state index contributed by atoms with van der Waals surface area (Å²) in [5.41, 5.74) is 10.9. The van der Waals surface area contributed by atoms with Gasteiger partial charge in [0.05, 0.1) is 12.5 Å². The fourth-order valence-corrected chi connectivity index (χ4v) is 1.97. The molecule has 0 rings (SSSR count). The summed E-state index contributed by atoms with van der Waals surface area (Å²) in [7, 11) is 0. The van der Waals surface area contributed by atoms with E-state index in [9.17, 15) is 24.0 Å². The van der Waals surface area contributed by atoms with Gasteiger partial charge in [-0.25, -0.2) is 0 Å². The molecule has 8 N–H and O–H groups in total. The number of hydrogen-bond donors (Lipinski definition) is 6. The fraction of sp³-hybridized carbons (Fsp3) is 0.688. The fourth-order valence-electron chi connectivity index (χ4n) is 1.97. The summed E-state index contributed by atoms with van der Waals surface area (Å²) in [5, 5.41) is 15.7. The van der Waals surface area contributed by atoms with E-state index in [-0.39, 0.29) is 5.92 Å². The molecule has 0 bridgehead atoms. The molecule has 0 spiro atoms. The minimum absolute atomic E-state index is 0.149. The van der Waals surface area contributed by atoms with Crippen LogP contribution < -0.4 is 27.4 Å². The van der Waals surface area contributed by atoms with E-state index in [1.807, 2.05) is 6.92 Å². The van der Waals surface area contributed by atoms with Crippen molar-refractivity contribution in [2.45, 2.75) is 64.7 Å². The standard InChI is InChI=1S/C16H29N5O6/c1-5-7(2)12(18)15(25)21-10(6-11(17)22)14(24)19-8(3)13(23)20-9(4)16(26)27/h7-10,12H,5-6,18H2,1-4H3,(H2,17,22)(H,19,24)(H,20,23)(H,21,25)(H,26,27). The summed E-state index contributed by atoms with van der Waals surface area (Å²) in [5.74, 6) is -4.39. The summed E-state index contributed by atoms with van der Waals surface area (Å²) in [6.07, 6.45) is 0.158. The predicted molar refractivity (Wildman–Crippen MR) is 96.0 cm³/mol. The van der Waals surface area contributed by atoms with Gasteiger partial charge >= 0.3 is 5.97 Å². The van der Waals surface area contributed by atoms with Gasteiger partial charge in [0.1, 0.15) is 18.1 Å². The molecule has 0 aliphatic rings. The van der Waals surface area contributed by atoms with E-state index >= 15 is 0 Å². The highest BCUT2D eigenvalue weighted by Crippen LogP contribution is 2.06. The molecule has 5 unspecified atom stereocenters. The predicted octanol–water partition coefficient (Wildman–Crippen LogP) is -2.19.